The minimum absolute atomic E-state index is 0.909. The first kappa shape index (κ1) is 11.8. The molecular weight excluding hydrogens is 170 g/mol. The van der Waals surface area contributed by atoms with Crippen LogP contribution in [0.15, 0.2) is 12.2 Å². The predicted octanol–water partition coefficient (Wildman–Crippen LogP) is 3.51. The van der Waals surface area contributed by atoms with Gasteiger partial charge in [0.05, 0.1) is 0 Å². The molecule has 1 nitrogen and oxygen atoms in total. The van der Waals surface area contributed by atoms with Gasteiger partial charge in [-0.25, -0.2) is 0 Å². The molecule has 1 aliphatic heterocycles. The molecule has 14 heavy (non-hydrogen) atoms. The molecule has 0 aromatic rings. The Morgan fingerprint density at radius 2 is 1.86 bits per heavy atom. The summed E-state index contributed by atoms with van der Waals surface area (Å²) in [6.45, 7) is 4.63. The maximum Gasteiger partial charge on any atom is 0.0134 e. The largest absolute Gasteiger partial charge is 0.313 e. The van der Waals surface area contributed by atoms with Crippen LogP contribution < -0.4 is 5.32 Å². The molecule has 1 rings (SSSR count). The number of rotatable bonds is 0. The van der Waals surface area contributed by atoms with Gasteiger partial charge in [0.1, 0.15) is 0 Å². The van der Waals surface area contributed by atoms with Crippen LogP contribution in [0.2, 0.25) is 0 Å². The van der Waals surface area contributed by atoms with Crippen LogP contribution in [0.25, 0.3) is 0 Å². The quantitative estimate of drug-likeness (QED) is 0.583. The molecule has 0 aromatic carbocycles. The fourth-order valence-corrected chi connectivity index (χ4v) is 1.99. The summed E-state index contributed by atoms with van der Waals surface area (Å²) in [5.41, 5.74) is 0. The van der Waals surface area contributed by atoms with Gasteiger partial charge in [0.15, 0.2) is 0 Å². The molecule has 1 heterocycles. The van der Waals surface area contributed by atoms with Gasteiger partial charge in [0.2, 0.25) is 0 Å². The summed E-state index contributed by atoms with van der Waals surface area (Å²) in [7, 11) is 0. The molecule has 1 unspecified atom stereocenters. The smallest absolute Gasteiger partial charge is 0.0134 e. The van der Waals surface area contributed by atoms with E-state index in [9.17, 15) is 0 Å². The van der Waals surface area contributed by atoms with E-state index in [-0.39, 0.29) is 0 Å². The lowest BCUT2D eigenvalue weighted by Gasteiger charge is -2.10. The van der Waals surface area contributed by atoms with Crippen molar-refractivity contribution in [1.29, 1.82) is 0 Å². The van der Waals surface area contributed by atoms with Crippen LogP contribution in [-0.4, -0.2) is 13.1 Å². The fraction of sp³-hybridized carbons (Fsp3) is 0.846. The highest BCUT2D eigenvalue weighted by Crippen LogP contribution is 2.14. The van der Waals surface area contributed by atoms with Crippen LogP contribution in [0.1, 0.15) is 51.9 Å². The van der Waals surface area contributed by atoms with E-state index >= 15 is 0 Å². The van der Waals surface area contributed by atoms with Gasteiger partial charge in [0, 0.05) is 6.54 Å². The molecule has 1 heteroatoms. The first-order valence-corrected chi connectivity index (χ1v) is 6.25. The second-order valence-electron chi connectivity index (χ2n) is 4.56. The molecule has 0 aromatic heterocycles. The van der Waals surface area contributed by atoms with Gasteiger partial charge in [-0.05, 0) is 31.7 Å². The summed E-state index contributed by atoms with van der Waals surface area (Å²) < 4.78 is 0. The predicted molar refractivity (Wildman–Crippen MR) is 63.5 cm³/mol. The van der Waals surface area contributed by atoms with Crippen molar-refractivity contribution in [3.63, 3.8) is 0 Å². The zero-order valence-electron chi connectivity index (χ0n) is 9.60. The van der Waals surface area contributed by atoms with Crippen molar-refractivity contribution in [2.75, 3.05) is 13.1 Å². The van der Waals surface area contributed by atoms with Gasteiger partial charge >= 0.3 is 0 Å². The summed E-state index contributed by atoms with van der Waals surface area (Å²) in [4.78, 5) is 0. The average Bonchev–Trinajstić information content (AvgIpc) is 2.20. The Kier molecular flexibility index (Phi) is 6.77. The maximum absolute atomic E-state index is 3.47. The lowest BCUT2D eigenvalue weighted by Crippen LogP contribution is -2.17. The normalized spacial score (nSPS) is 29.6. The molecule has 0 amide bonds. The zero-order valence-corrected chi connectivity index (χ0v) is 9.60. The standard InChI is InChI=1S/C13H25N/c1-13-9-7-5-3-2-4-6-8-11-14-12-10-13/h6,8,13-14H,2-5,7,9-12H2,1H3/b8-6-. The highest BCUT2D eigenvalue weighted by molar-refractivity contribution is 4.83. The van der Waals surface area contributed by atoms with Gasteiger partial charge in [-0.15, -0.1) is 0 Å². The molecule has 0 spiro atoms. The van der Waals surface area contributed by atoms with Crippen LogP contribution in [-0.2, 0) is 0 Å². The van der Waals surface area contributed by atoms with Crippen molar-refractivity contribution < 1.29 is 0 Å². The zero-order chi connectivity index (χ0) is 10.1. The molecule has 1 atom stereocenters. The van der Waals surface area contributed by atoms with Crippen molar-refractivity contribution in [3.8, 4) is 0 Å². The summed E-state index contributed by atoms with van der Waals surface area (Å²) in [5.74, 6) is 0.909. The van der Waals surface area contributed by atoms with E-state index in [1.807, 2.05) is 0 Å². The molecule has 0 bridgehead atoms. The Hall–Kier alpha value is -0.300. The monoisotopic (exact) mass is 195 g/mol. The van der Waals surface area contributed by atoms with Crippen molar-refractivity contribution in [2.45, 2.75) is 51.9 Å². The van der Waals surface area contributed by atoms with Gasteiger partial charge in [-0.2, -0.15) is 0 Å². The second-order valence-corrected chi connectivity index (χ2v) is 4.56. The summed E-state index contributed by atoms with van der Waals surface area (Å²) in [6, 6.07) is 0. The van der Waals surface area contributed by atoms with Crippen LogP contribution in [0, 0.1) is 5.92 Å². The fourth-order valence-electron chi connectivity index (χ4n) is 1.99. The second kappa shape index (κ2) is 8.05. The molecule has 1 N–H and O–H groups in total. The number of hydrogen-bond acceptors (Lipinski definition) is 1. The van der Waals surface area contributed by atoms with E-state index < -0.39 is 0 Å². The summed E-state index contributed by atoms with van der Waals surface area (Å²) in [5, 5.41) is 3.47. The van der Waals surface area contributed by atoms with Gasteiger partial charge in [-0.1, -0.05) is 44.8 Å². The molecule has 1 aliphatic rings. The van der Waals surface area contributed by atoms with Crippen LogP contribution >= 0.6 is 0 Å². The van der Waals surface area contributed by atoms with Crippen LogP contribution in [0.5, 0.6) is 0 Å². The van der Waals surface area contributed by atoms with Gasteiger partial charge < -0.3 is 5.32 Å². The SMILES string of the molecule is CC1CCCCCC/C=C\CNCC1. The lowest BCUT2D eigenvalue weighted by molar-refractivity contribution is 0.449. The molecule has 0 aliphatic carbocycles. The Bertz CT molecular complexity index is 151. The third-order valence-corrected chi connectivity index (χ3v) is 3.06. The number of nitrogens with one attached hydrogen (secondary N) is 1. The highest BCUT2D eigenvalue weighted by atomic mass is 14.8. The third kappa shape index (κ3) is 6.20. The summed E-state index contributed by atoms with van der Waals surface area (Å²) in [6.07, 6.45) is 14.3. The number of allylic oxidation sites excluding steroid dienone is 1. The minimum atomic E-state index is 0.909. The third-order valence-electron chi connectivity index (χ3n) is 3.06. The first-order valence-electron chi connectivity index (χ1n) is 6.25. The molecule has 0 radical (unpaired) electrons. The van der Waals surface area contributed by atoms with Crippen molar-refractivity contribution in [2.24, 2.45) is 5.92 Å². The molecule has 82 valence electrons. The topological polar surface area (TPSA) is 12.0 Å². The Morgan fingerprint density at radius 3 is 2.79 bits per heavy atom. The van der Waals surface area contributed by atoms with Crippen LogP contribution in [0.4, 0.5) is 0 Å². The first-order chi connectivity index (χ1) is 6.89. The van der Waals surface area contributed by atoms with Gasteiger partial charge in [-0.3, -0.25) is 0 Å². The Balaban J connectivity index is 2.19. The van der Waals surface area contributed by atoms with E-state index in [2.05, 4.69) is 24.4 Å². The van der Waals surface area contributed by atoms with E-state index in [1.54, 1.807) is 0 Å². The van der Waals surface area contributed by atoms with E-state index in [0.29, 0.717) is 0 Å². The van der Waals surface area contributed by atoms with E-state index in [0.717, 1.165) is 12.5 Å². The van der Waals surface area contributed by atoms with Crippen molar-refractivity contribution >= 4 is 0 Å². The van der Waals surface area contributed by atoms with Crippen LogP contribution in [0.3, 0.4) is 0 Å². The van der Waals surface area contributed by atoms with Crippen molar-refractivity contribution in [3.05, 3.63) is 12.2 Å². The van der Waals surface area contributed by atoms with Gasteiger partial charge in [0.25, 0.3) is 0 Å². The highest BCUT2D eigenvalue weighted by Gasteiger charge is 2.01. The maximum atomic E-state index is 3.47. The van der Waals surface area contributed by atoms with Crippen molar-refractivity contribution in [1.82, 2.24) is 5.32 Å². The van der Waals surface area contributed by atoms with E-state index in [1.165, 1.54) is 51.5 Å². The Morgan fingerprint density at radius 1 is 1.00 bits per heavy atom. The Labute approximate surface area is 89.0 Å². The number of hydrogen-bond donors (Lipinski definition) is 1. The molecule has 0 saturated carbocycles. The molecular formula is C13H25N. The minimum Gasteiger partial charge on any atom is -0.313 e. The average molecular weight is 195 g/mol. The lowest BCUT2D eigenvalue weighted by atomic mass is 9.99. The van der Waals surface area contributed by atoms with E-state index in [4.69, 9.17) is 0 Å². The molecule has 0 fully saturated rings. The summed E-state index contributed by atoms with van der Waals surface area (Å²) >= 11 is 0. The molecule has 0 saturated heterocycles.